The Labute approximate surface area is 108 Å². The molecular formula is C12H14N2O3S. The summed E-state index contributed by atoms with van der Waals surface area (Å²) in [5.41, 5.74) is 12.3. The van der Waals surface area contributed by atoms with Gasteiger partial charge < -0.3 is 21.3 Å². The molecule has 0 bridgehead atoms. The summed E-state index contributed by atoms with van der Waals surface area (Å²) in [7, 11) is 0. The van der Waals surface area contributed by atoms with Gasteiger partial charge in [0, 0.05) is 4.70 Å². The number of ether oxygens (including phenoxy) is 1. The molecule has 0 saturated carbocycles. The summed E-state index contributed by atoms with van der Waals surface area (Å²) in [6.07, 6.45) is 0. The summed E-state index contributed by atoms with van der Waals surface area (Å²) in [5.74, 6) is 0.0333. The standard InChI is InChI=1S/C12H14N2O3S/c1-2-17-7-4-3-6(5-15)10-8(7)9(13)11(18-10)12(14)16/h3-4,15H,2,5,13H2,1H3,(H2,14,16). The molecule has 0 aliphatic heterocycles. The smallest absolute Gasteiger partial charge is 0.260 e. The number of carbonyl (C=O) groups is 1. The van der Waals surface area contributed by atoms with E-state index in [9.17, 15) is 9.90 Å². The van der Waals surface area contributed by atoms with Crippen LogP contribution in [0.5, 0.6) is 5.75 Å². The Hall–Kier alpha value is -1.79. The van der Waals surface area contributed by atoms with E-state index in [0.717, 1.165) is 4.70 Å². The second-order valence-electron chi connectivity index (χ2n) is 3.73. The topological polar surface area (TPSA) is 98.6 Å². The van der Waals surface area contributed by atoms with E-state index >= 15 is 0 Å². The molecule has 1 aromatic carbocycles. The van der Waals surface area contributed by atoms with Crippen LogP contribution in [0, 0.1) is 0 Å². The Balaban J connectivity index is 2.79. The molecule has 2 rings (SSSR count). The van der Waals surface area contributed by atoms with Gasteiger partial charge in [0.05, 0.1) is 24.3 Å². The molecule has 5 N–H and O–H groups in total. The summed E-state index contributed by atoms with van der Waals surface area (Å²) < 4.78 is 6.23. The van der Waals surface area contributed by atoms with Gasteiger partial charge in [-0.2, -0.15) is 0 Å². The molecule has 0 aliphatic carbocycles. The molecule has 0 saturated heterocycles. The number of nitrogens with two attached hydrogens (primary N) is 2. The first-order chi connectivity index (χ1) is 8.60. The highest BCUT2D eigenvalue weighted by Gasteiger charge is 2.19. The molecule has 0 atom stereocenters. The van der Waals surface area contributed by atoms with E-state index in [1.807, 2.05) is 6.92 Å². The van der Waals surface area contributed by atoms with Crippen molar-refractivity contribution in [3.05, 3.63) is 22.6 Å². The van der Waals surface area contributed by atoms with Crippen LogP contribution in [-0.4, -0.2) is 17.6 Å². The van der Waals surface area contributed by atoms with E-state index < -0.39 is 5.91 Å². The molecule has 1 aromatic heterocycles. The van der Waals surface area contributed by atoms with Gasteiger partial charge in [-0.05, 0) is 18.6 Å². The first-order valence-electron chi connectivity index (χ1n) is 5.47. The zero-order chi connectivity index (χ0) is 13.3. The highest BCUT2D eigenvalue weighted by atomic mass is 32.1. The van der Waals surface area contributed by atoms with Crippen LogP contribution in [0.2, 0.25) is 0 Å². The first kappa shape index (κ1) is 12.7. The number of fused-ring (bicyclic) bond motifs is 1. The van der Waals surface area contributed by atoms with Crippen molar-refractivity contribution < 1.29 is 14.6 Å². The first-order valence-corrected chi connectivity index (χ1v) is 6.29. The van der Waals surface area contributed by atoms with Gasteiger partial charge in [-0.15, -0.1) is 11.3 Å². The summed E-state index contributed by atoms with van der Waals surface area (Å²) >= 11 is 1.18. The fourth-order valence-corrected chi connectivity index (χ4v) is 2.93. The maximum absolute atomic E-state index is 11.3. The largest absolute Gasteiger partial charge is 0.493 e. The van der Waals surface area contributed by atoms with E-state index in [1.165, 1.54) is 11.3 Å². The highest BCUT2D eigenvalue weighted by Crippen LogP contribution is 2.41. The van der Waals surface area contributed by atoms with Gasteiger partial charge in [0.25, 0.3) is 5.91 Å². The molecule has 0 radical (unpaired) electrons. The molecular weight excluding hydrogens is 252 g/mol. The van der Waals surface area contributed by atoms with Crippen molar-refractivity contribution in [3.8, 4) is 5.75 Å². The minimum Gasteiger partial charge on any atom is -0.493 e. The fraction of sp³-hybridized carbons (Fsp3) is 0.250. The molecule has 0 fully saturated rings. The Bertz CT molecular complexity index is 607. The normalized spacial score (nSPS) is 10.8. The number of aliphatic hydroxyl groups is 1. The minimum atomic E-state index is -0.569. The van der Waals surface area contributed by atoms with E-state index in [0.29, 0.717) is 33.9 Å². The van der Waals surface area contributed by atoms with Gasteiger partial charge in [0.15, 0.2) is 0 Å². The van der Waals surface area contributed by atoms with E-state index in [2.05, 4.69) is 0 Å². The summed E-state index contributed by atoms with van der Waals surface area (Å²) in [6, 6.07) is 3.50. The van der Waals surface area contributed by atoms with Crippen molar-refractivity contribution in [2.24, 2.45) is 5.73 Å². The van der Waals surface area contributed by atoms with Crippen LogP contribution in [0.25, 0.3) is 10.1 Å². The third kappa shape index (κ3) is 1.89. The number of thiophene rings is 1. The molecule has 1 amide bonds. The fourth-order valence-electron chi connectivity index (χ4n) is 1.83. The van der Waals surface area contributed by atoms with Gasteiger partial charge in [-0.25, -0.2) is 0 Å². The second-order valence-corrected chi connectivity index (χ2v) is 4.75. The number of benzene rings is 1. The number of carbonyl (C=O) groups excluding carboxylic acids is 1. The molecule has 2 aromatic rings. The van der Waals surface area contributed by atoms with Crippen molar-refractivity contribution in [3.63, 3.8) is 0 Å². The van der Waals surface area contributed by atoms with E-state index in [1.54, 1.807) is 12.1 Å². The SMILES string of the molecule is CCOc1ccc(CO)c2sc(C(N)=O)c(N)c12. The lowest BCUT2D eigenvalue weighted by atomic mass is 10.1. The van der Waals surface area contributed by atoms with Crippen LogP contribution in [-0.2, 0) is 6.61 Å². The van der Waals surface area contributed by atoms with Crippen molar-refractivity contribution >= 4 is 33.0 Å². The molecule has 0 aliphatic rings. The van der Waals surface area contributed by atoms with Gasteiger partial charge in [0.1, 0.15) is 10.6 Å². The average molecular weight is 266 g/mol. The Morgan fingerprint density at radius 1 is 1.50 bits per heavy atom. The van der Waals surface area contributed by atoms with Crippen LogP contribution in [0.1, 0.15) is 22.2 Å². The van der Waals surface area contributed by atoms with Gasteiger partial charge in [-0.1, -0.05) is 6.07 Å². The Morgan fingerprint density at radius 3 is 2.78 bits per heavy atom. The van der Waals surface area contributed by atoms with Crippen molar-refractivity contribution in [1.29, 1.82) is 0 Å². The monoisotopic (exact) mass is 266 g/mol. The Morgan fingerprint density at radius 2 is 2.22 bits per heavy atom. The predicted octanol–water partition coefficient (Wildman–Crippen LogP) is 1.47. The van der Waals surface area contributed by atoms with Gasteiger partial charge in [0.2, 0.25) is 0 Å². The number of amides is 1. The zero-order valence-electron chi connectivity index (χ0n) is 9.90. The maximum Gasteiger partial charge on any atom is 0.260 e. The number of hydrogen-bond donors (Lipinski definition) is 3. The van der Waals surface area contributed by atoms with Crippen molar-refractivity contribution in [2.45, 2.75) is 13.5 Å². The molecule has 5 nitrogen and oxygen atoms in total. The second kappa shape index (κ2) is 4.83. The van der Waals surface area contributed by atoms with Gasteiger partial charge >= 0.3 is 0 Å². The molecule has 6 heteroatoms. The van der Waals surface area contributed by atoms with E-state index in [4.69, 9.17) is 16.2 Å². The highest BCUT2D eigenvalue weighted by molar-refractivity contribution is 7.21. The van der Waals surface area contributed by atoms with Crippen LogP contribution in [0.3, 0.4) is 0 Å². The minimum absolute atomic E-state index is 0.124. The molecule has 1 heterocycles. The number of aliphatic hydroxyl groups excluding tert-OH is 1. The number of nitrogen functional groups attached to an aromatic ring is 1. The average Bonchev–Trinajstić information content (AvgIpc) is 2.69. The summed E-state index contributed by atoms with van der Waals surface area (Å²) in [6.45, 7) is 2.24. The molecule has 0 spiro atoms. The summed E-state index contributed by atoms with van der Waals surface area (Å²) in [5, 5.41) is 9.96. The molecule has 96 valence electrons. The molecule has 0 unspecified atom stereocenters. The third-order valence-corrected chi connectivity index (χ3v) is 3.91. The van der Waals surface area contributed by atoms with Crippen LogP contribution in [0.15, 0.2) is 12.1 Å². The number of anilines is 1. The quantitative estimate of drug-likeness (QED) is 0.780. The zero-order valence-corrected chi connectivity index (χ0v) is 10.7. The summed E-state index contributed by atoms with van der Waals surface area (Å²) in [4.78, 5) is 11.6. The Kier molecular flexibility index (Phi) is 3.40. The predicted molar refractivity (Wildman–Crippen MR) is 71.8 cm³/mol. The van der Waals surface area contributed by atoms with Crippen molar-refractivity contribution in [2.75, 3.05) is 12.3 Å². The van der Waals surface area contributed by atoms with Crippen molar-refractivity contribution in [1.82, 2.24) is 0 Å². The molecule has 18 heavy (non-hydrogen) atoms. The lowest BCUT2D eigenvalue weighted by Gasteiger charge is -2.07. The van der Waals surface area contributed by atoms with Crippen LogP contribution in [0.4, 0.5) is 5.69 Å². The van der Waals surface area contributed by atoms with E-state index in [-0.39, 0.29) is 6.61 Å². The number of rotatable bonds is 4. The number of primary amides is 1. The maximum atomic E-state index is 11.3. The van der Waals surface area contributed by atoms with Crippen LogP contribution >= 0.6 is 11.3 Å². The lowest BCUT2D eigenvalue weighted by Crippen LogP contribution is -2.10. The van der Waals surface area contributed by atoms with Gasteiger partial charge in [-0.3, -0.25) is 4.79 Å². The third-order valence-electron chi connectivity index (χ3n) is 2.61. The number of hydrogen-bond acceptors (Lipinski definition) is 5. The lowest BCUT2D eigenvalue weighted by molar-refractivity contribution is 0.100. The van der Waals surface area contributed by atoms with Crippen LogP contribution < -0.4 is 16.2 Å².